The van der Waals surface area contributed by atoms with Crippen LogP contribution in [0.2, 0.25) is 15.1 Å². The Morgan fingerprint density at radius 1 is 1.31 bits per heavy atom. The second-order valence-corrected chi connectivity index (χ2v) is 3.87. The number of thiocarbonyl (C=S) groups is 1. The number of benzene rings is 1. The van der Waals surface area contributed by atoms with E-state index < -0.39 is 6.10 Å². The van der Waals surface area contributed by atoms with Gasteiger partial charge in [-0.05, 0) is 12.1 Å². The minimum Gasteiger partial charge on any atom is -0.383 e. The molecule has 1 rings (SSSR count). The van der Waals surface area contributed by atoms with E-state index in [2.05, 4.69) is 12.2 Å². The van der Waals surface area contributed by atoms with E-state index in [-0.39, 0.29) is 5.02 Å². The average molecular weight is 256 g/mol. The van der Waals surface area contributed by atoms with Crippen molar-refractivity contribution in [2.45, 2.75) is 6.10 Å². The molecule has 0 bridgehead atoms. The van der Waals surface area contributed by atoms with E-state index in [1.165, 1.54) is 17.5 Å². The van der Waals surface area contributed by atoms with Gasteiger partial charge >= 0.3 is 0 Å². The molecule has 70 valence electrons. The van der Waals surface area contributed by atoms with Crippen LogP contribution < -0.4 is 0 Å². The molecule has 0 aliphatic rings. The van der Waals surface area contributed by atoms with Gasteiger partial charge in [0.1, 0.15) is 6.10 Å². The molecule has 0 aromatic heterocycles. The van der Waals surface area contributed by atoms with Crippen LogP contribution in [0.3, 0.4) is 0 Å². The predicted molar refractivity (Wildman–Crippen MR) is 60.1 cm³/mol. The molecule has 1 unspecified atom stereocenters. The van der Waals surface area contributed by atoms with Crippen molar-refractivity contribution in [3.05, 3.63) is 32.8 Å². The smallest absolute Gasteiger partial charge is 0.109 e. The lowest BCUT2D eigenvalue weighted by molar-refractivity contribution is 0.255. The summed E-state index contributed by atoms with van der Waals surface area (Å²) < 4.78 is 0. The zero-order valence-corrected chi connectivity index (χ0v) is 9.38. The van der Waals surface area contributed by atoms with Crippen LogP contribution in [0, 0.1) is 0 Å². The Morgan fingerprint density at radius 3 is 2.46 bits per heavy atom. The van der Waals surface area contributed by atoms with Gasteiger partial charge in [0.2, 0.25) is 0 Å². The number of rotatable bonds is 2. The Morgan fingerprint density at radius 2 is 1.92 bits per heavy atom. The summed E-state index contributed by atoms with van der Waals surface area (Å²) in [5, 5.41) is 11.6. The van der Waals surface area contributed by atoms with Crippen molar-refractivity contribution in [2.75, 3.05) is 0 Å². The minimum absolute atomic E-state index is 0.277. The van der Waals surface area contributed by atoms with Crippen LogP contribution in [0.4, 0.5) is 0 Å². The van der Waals surface area contributed by atoms with Gasteiger partial charge in [-0.2, -0.15) is 0 Å². The van der Waals surface area contributed by atoms with Crippen molar-refractivity contribution in [3.8, 4) is 0 Å². The highest BCUT2D eigenvalue weighted by atomic mass is 35.5. The molecule has 1 aromatic carbocycles. The Kier molecular flexibility index (Phi) is 3.95. The van der Waals surface area contributed by atoms with Crippen molar-refractivity contribution < 1.29 is 5.11 Å². The summed E-state index contributed by atoms with van der Waals surface area (Å²) in [6.07, 6.45) is -0.918. The van der Waals surface area contributed by atoms with Gasteiger partial charge < -0.3 is 5.11 Å². The molecule has 1 nitrogen and oxygen atoms in total. The molecule has 0 amide bonds. The minimum atomic E-state index is -0.918. The maximum atomic E-state index is 9.40. The summed E-state index contributed by atoms with van der Waals surface area (Å²) in [4.78, 5) is 0. The van der Waals surface area contributed by atoms with E-state index in [4.69, 9.17) is 34.8 Å². The van der Waals surface area contributed by atoms with Gasteiger partial charge in [0.15, 0.2) is 0 Å². The van der Waals surface area contributed by atoms with Crippen LogP contribution in [0.1, 0.15) is 11.7 Å². The van der Waals surface area contributed by atoms with Crippen molar-refractivity contribution >= 4 is 52.4 Å². The third-order valence-electron chi connectivity index (χ3n) is 1.47. The Labute approximate surface area is 96.2 Å². The van der Waals surface area contributed by atoms with E-state index in [0.717, 1.165) is 0 Å². The number of halogens is 3. The molecular weight excluding hydrogens is 251 g/mol. The summed E-state index contributed by atoms with van der Waals surface area (Å²) >= 11 is 21.9. The van der Waals surface area contributed by atoms with Crippen LogP contribution >= 0.6 is 47.0 Å². The van der Waals surface area contributed by atoms with Crippen molar-refractivity contribution in [2.24, 2.45) is 0 Å². The number of aliphatic hydroxyl groups is 1. The van der Waals surface area contributed by atoms with Gasteiger partial charge in [-0.25, -0.2) is 0 Å². The standard InChI is InChI=1S/C8H5Cl3OS/c9-4-1-5(7(12)3-13)8(11)6(10)2-4/h1-3,7,12H. The molecule has 0 heterocycles. The molecule has 1 aromatic rings. The molecule has 0 aliphatic carbocycles. The second-order valence-electron chi connectivity index (χ2n) is 2.37. The molecule has 0 saturated carbocycles. The SMILES string of the molecule is OC(C=S)c1cc(Cl)cc(Cl)c1Cl. The lowest BCUT2D eigenvalue weighted by Gasteiger charge is -2.09. The molecule has 0 aliphatic heterocycles. The molecule has 0 spiro atoms. The average Bonchev–Trinajstić information content (AvgIpc) is 2.10. The Bertz CT molecular complexity index is 340. The first kappa shape index (κ1) is 11.2. The van der Waals surface area contributed by atoms with Gasteiger partial charge in [0, 0.05) is 16.0 Å². The van der Waals surface area contributed by atoms with Gasteiger partial charge in [0.05, 0.1) is 10.0 Å². The molecule has 0 saturated heterocycles. The summed E-state index contributed by atoms with van der Waals surface area (Å²) in [6, 6.07) is 3.04. The van der Waals surface area contributed by atoms with E-state index in [1.807, 2.05) is 0 Å². The summed E-state index contributed by atoms with van der Waals surface area (Å²) in [5.74, 6) is 0. The summed E-state index contributed by atoms with van der Waals surface area (Å²) in [6.45, 7) is 0. The van der Waals surface area contributed by atoms with Crippen molar-refractivity contribution in [1.82, 2.24) is 0 Å². The Balaban J connectivity index is 3.27. The van der Waals surface area contributed by atoms with Crippen LogP contribution in [-0.2, 0) is 0 Å². The molecule has 0 radical (unpaired) electrons. The molecule has 13 heavy (non-hydrogen) atoms. The third-order valence-corrected chi connectivity index (χ3v) is 2.76. The van der Waals surface area contributed by atoms with Crippen LogP contribution in [-0.4, -0.2) is 10.5 Å². The monoisotopic (exact) mass is 254 g/mol. The second kappa shape index (κ2) is 4.58. The fourth-order valence-corrected chi connectivity index (χ4v) is 1.74. The lowest BCUT2D eigenvalue weighted by atomic mass is 10.1. The maximum absolute atomic E-state index is 9.40. The van der Waals surface area contributed by atoms with Gasteiger partial charge in [-0.3, -0.25) is 0 Å². The first-order chi connectivity index (χ1) is 6.06. The fourth-order valence-electron chi connectivity index (χ4n) is 0.864. The molecule has 0 fully saturated rings. The normalized spacial score (nSPS) is 12.6. The molecule has 1 atom stereocenters. The Hall–Kier alpha value is 0.140. The highest BCUT2D eigenvalue weighted by Gasteiger charge is 2.12. The molecule has 5 heteroatoms. The van der Waals surface area contributed by atoms with Gasteiger partial charge in [-0.1, -0.05) is 47.0 Å². The van der Waals surface area contributed by atoms with E-state index in [9.17, 15) is 5.11 Å². The first-order valence-corrected chi connectivity index (χ1v) is 4.94. The molecule has 1 N–H and O–H groups in total. The van der Waals surface area contributed by atoms with Crippen LogP contribution in [0.25, 0.3) is 0 Å². The fraction of sp³-hybridized carbons (Fsp3) is 0.125. The zero-order valence-electron chi connectivity index (χ0n) is 6.30. The van der Waals surface area contributed by atoms with E-state index >= 15 is 0 Å². The van der Waals surface area contributed by atoms with E-state index in [1.54, 1.807) is 0 Å². The number of hydrogen-bond acceptors (Lipinski definition) is 2. The summed E-state index contributed by atoms with van der Waals surface area (Å²) in [7, 11) is 0. The lowest BCUT2D eigenvalue weighted by Crippen LogP contribution is -1.98. The number of hydrogen-bond donors (Lipinski definition) is 1. The van der Waals surface area contributed by atoms with Crippen molar-refractivity contribution in [1.29, 1.82) is 0 Å². The van der Waals surface area contributed by atoms with Crippen LogP contribution in [0.15, 0.2) is 12.1 Å². The van der Waals surface area contributed by atoms with Crippen LogP contribution in [0.5, 0.6) is 0 Å². The molecular formula is C8H5Cl3OS. The zero-order chi connectivity index (χ0) is 10.0. The largest absolute Gasteiger partial charge is 0.383 e. The summed E-state index contributed by atoms with van der Waals surface area (Å²) in [5.41, 5.74) is 0.425. The van der Waals surface area contributed by atoms with Gasteiger partial charge in [-0.15, -0.1) is 0 Å². The highest BCUT2D eigenvalue weighted by molar-refractivity contribution is 7.79. The van der Waals surface area contributed by atoms with Crippen molar-refractivity contribution in [3.63, 3.8) is 0 Å². The predicted octanol–water partition coefficient (Wildman–Crippen LogP) is 3.68. The first-order valence-electron chi connectivity index (χ1n) is 3.34. The maximum Gasteiger partial charge on any atom is 0.109 e. The quantitative estimate of drug-likeness (QED) is 0.643. The van der Waals surface area contributed by atoms with E-state index in [0.29, 0.717) is 15.6 Å². The highest BCUT2D eigenvalue weighted by Crippen LogP contribution is 2.32. The van der Waals surface area contributed by atoms with Gasteiger partial charge in [0.25, 0.3) is 0 Å². The topological polar surface area (TPSA) is 20.2 Å². The third kappa shape index (κ3) is 2.55. The number of aliphatic hydroxyl groups excluding tert-OH is 1.